The van der Waals surface area contributed by atoms with Crippen LogP contribution >= 0.6 is 0 Å². The summed E-state index contributed by atoms with van der Waals surface area (Å²) in [5, 5.41) is -0.368. The summed E-state index contributed by atoms with van der Waals surface area (Å²) in [6, 6.07) is 14.9. The molecule has 2 N–H and O–H groups in total. The molecule has 3 aromatic rings. The van der Waals surface area contributed by atoms with Crippen LogP contribution in [0, 0.1) is 5.82 Å². The van der Waals surface area contributed by atoms with Crippen molar-refractivity contribution >= 4 is 27.9 Å². The van der Waals surface area contributed by atoms with Crippen LogP contribution in [-0.4, -0.2) is 19.3 Å². The maximum atomic E-state index is 12.9. The van der Waals surface area contributed by atoms with E-state index in [0.717, 1.165) is 11.1 Å². The van der Waals surface area contributed by atoms with E-state index in [9.17, 15) is 17.6 Å². The van der Waals surface area contributed by atoms with Gasteiger partial charge in [0.15, 0.2) is 5.03 Å². The number of rotatable bonds is 5. The molecule has 1 heterocycles. The van der Waals surface area contributed by atoms with Gasteiger partial charge in [0.05, 0.1) is 10.5 Å². The van der Waals surface area contributed by atoms with Crippen molar-refractivity contribution in [2.45, 2.75) is 9.92 Å². The molecule has 0 radical (unpaired) electrons. The van der Waals surface area contributed by atoms with Crippen LogP contribution in [0.2, 0.25) is 0 Å². The number of carbonyl (C=O) groups excluding carboxylic acids is 1. The van der Waals surface area contributed by atoms with E-state index in [1.165, 1.54) is 42.6 Å². The van der Waals surface area contributed by atoms with Crippen LogP contribution in [0.15, 0.2) is 76.8 Å². The van der Waals surface area contributed by atoms with Gasteiger partial charge in [-0.15, -0.1) is 0 Å². The Morgan fingerprint density at radius 2 is 1.48 bits per heavy atom. The summed E-state index contributed by atoms with van der Waals surface area (Å²) in [5.41, 5.74) is 6.66. The predicted molar refractivity (Wildman–Crippen MR) is 100.0 cm³/mol. The first kappa shape index (κ1) is 18.5. The molecule has 0 unspecified atom stereocenters. The summed E-state index contributed by atoms with van der Waals surface area (Å²) in [7, 11) is -3.98. The average Bonchev–Trinajstić information content (AvgIpc) is 2.68. The first-order valence-electron chi connectivity index (χ1n) is 7.91. The number of hydrogen-bond acceptors (Lipinski definition) is 4. The summed E-state index contributed by atoms with van der Waals surface area (Å²) < 4.78 is 38.4. The van der Waals surface area contributed by atoms with Crippen molar-refractivity contribution in [1.82, 2.24) is 4.98 Å². The summed E-state index contributed by atoms with van der Waals surface area (Å²) in [4.78, 5) is 15.3. The number of benzene rings is 2. The van der Waals surface area contributed by atoms with E-state index in [1.807, 2.05) is 0 Å². The fourth-order valence-electron chi connectivity index (χ4n) is 2.43. The Morgan fingerprint density at radius 1 is 0.926 bits per heavy atom. The SMILES string of the molecule is NC(=O)c1cccnc1S(=O)(=O)c1ccc(C=Cc2ccc(F)cc2)cc1. The van der Waals surface area contributed by atoms with Gasteiger partial charge >= 0.3 is 0 Å². The molecule has 136 valence electrons. The van der Waals surface area contributed by atoms with Crippen molar-refractivity contribution in [3.63, 3.8) is 0 Å². The maximum absolute atomic E-state index is 12.9. The Labute approximate surface area is 155 Å². The van der Waals surface area contributed by atoms with Crippen LogP contribution in [0.25, 0.3) is 12.2 Å². The molecule has 1 amide bonds. The lowest BCUT2D eigenvalue weighted by molar-refractivity contribution is 0.0996. The predicted octanol–water partition coefficient (Wildman–Crippen LogP) is 3.32. The van der Waals surface area contributed by atoms with Gasteiger partial charge in [0.25, 0.3) is 5.91 Å². The zero-order valence-corrected chi connectivity index (χ0v) is 14.9. The third kappa shape index (κ3) is 4.09. The second kappa shape index (κ2) is 7.51. The number of aromatic nitrogens is 1. The van der Waals surface area contributed by atoms with Crippen molar-refractivity contribution in [2.75, 3.05) is 0 Å². The molecule has 0 spiro atoms. The first-order valence-corrected chi connectivity index (χ1v) is 9.40. The normalized spacial score (nSPS) is 11.6. The van der Waals surface area contributed by atoms with Gasteiger partial charge in [-0.2, -0.15) is 0 Å². The molecule has 0 atom stereocenters. The summed E-state index contributed by atoms with van der Waals surface area (Å²) >= 11 is 0. The zero-order valence-electron chi connectivity index (χ0n) is 14.0. The van der Waals surface area contributed by atoms with Gasteiger partial charge in [-0.05, 0) is 47.5 Å². The molecule has 0 bridgehead atoms. The van der Waals surface area contributed by atoms with E-state index in [0.29, 0.717) is 0 Å². The van der Waals surface area contributed by atoms with E-state index in [1.54, 1.807) is 36.4 Å². The number of pyridine rings is 1. The number of halogens is 1. The molecule has 0 aliphatic heterocycles. The van der Waals surface area contributed by atoms with Crippen LogP contribution in [-0.2, 0) is 9.84 Å². The molecule has 0 aliphatic rings. The van der Waals surface area contributed by atoms with Crippen molar-refractivity contribution in [1.29, 1.82) is 0 Å². The lowest BCUT2D eigenvalue weighted by Gasteiger charge is -2.07. The van der Waals surface area contributed by atoms with Crippen LogP contribution < -0.4 is 5.73 Å². The maximum Gasteiger partial charge on any atom is 0.251 e. The molecule has 3 rings (SSSR count). The number of hydrogen-bond donors (Lipinski definition) is 1. The molecular formula is C20H15FN2O3S. The minimum atomic E-state index is -3.98. The third-order valence-corrected chi connectivity index (χ3v) is 5.55. The molecule has 7 heteroatoms. The van der Waals surface area contributed by atoms with Gasteiger partial charge in [-0.25, -0.2) is 17.8 Å². The number of nitrogens with two attached hydrogens (primary N) is 1. The van der Waals surface area contributed by atoms with E-state index >= 15 is 0 Å². The van der Waals surface area contributed by atoms with E-state index < -0.39 is 15.7 Å². The van der Waals surface area contributed by atoms with Crippen LogP contribution in [0.3, 0.4) is 0 Å². The number of primary amides is 1. The molecule has 2 aromatic carbocycles. The molecule has 0 fully saturated rings. The van der Waals surface area contributed by atoms with Crippen molar-refractivity contribution in [3.8, 4) is 0 Å². The minimum absolute atomic E-state index is 0.00244. The Hall–Kier alpha value is -3.32. The highest BCUT2D eigenvalue weighted by atomic mass is 32.2. The van der Waals surface area contributed by atoms with Crippen LogP contribution in [0.4, 0.5) is 4.39 Å². The van der Waals surface area contributed by atoms with Gasteiger partial charge in [-0.1, -0.05) is 36.4 Å². The number of sulfone groups is 1. The number of carbonyl (C=O) groups is 1. The zero-order chi connectivity index (χ0) is 19.4. The fourth-order valence-corrected chi connectivity index (χ4v) is 3.80. The third-order valence-electron chi connectivity index (χ3n) is 3.82. The molecule has 27 heavy (non-hydrogen) atoms. The summed E-state index contributed by atoms with van der Waals surface area (Å²) in [6.07, 6.45) is 4.85. The molecule has 0 saturated heterocycles. The molecule has 0 saturated carbocycles. The van der Waals surface area contributed by atoms with E-state index in [-0.39, 0.29) is 21.3 Å². The number of nitrogens with zero attached hydrogens (tertiary/aromatic N) is 1. The second-order valence-electron chi connectivity index (χ2n) is 5.68. The Balaban J connectivity index is 1.89. The van der Waals surface area contributed by atoms with Gasteiger partial charge < -0.3 is 5.73 Å². The summed E-state index contributed by atoms with van der Waals surface area (Å²) in [6.45, 7) is 0. The van der Waals surface area contributed by atoms with Crippen molar-refractivity contribution < 1.29 is 17.6 Å². The highest BCUT2D eigenvalue weighted by Gasteiger charge is 2.24. The highest BCUT2D eigenvalue weighted by Crippen LogP contribution is 2.23. The highest BCUT2D eigenvalue weighted by molar-refractivity contribution is 7.91. The van der Waals surface area contributed by atoms with Crippen molar-refractivity contribution in [3.05, 3.63) is 89.4 Å². The molecule has 5 nitrogen and oxygen atoms in total. The molecule has 1 aromatic heterocycles. The van der Waals surface area contributed by atoms with E-state index in [4.69, 9.17) is 5.73 Å². The number of amides is 1. The van der Waals surface area contributed by atoms with Crippen LogP contribution in [0.5, 0.6) is 0 Å². The lowest BCUT2D eigenvalue weighted by Crippen LogP contribution is -2.17. The lowest BCUT2D eigenvalue weighted by atomic mass is 10.1. The van der Waals surface area contributed by atoms with Gasteiger partial charge in [0, 0.05) is 6.20 Å². The largest absolute Gasteiger partial charge is 0.366 e. The molecule has 0 aliphatic carbocycles. The molecular weight excluding hydrogens is 367 g/mol. The van der Waals surface area contributed by atoms with Crippen LogP contribution in [0.1, 0.15) is 21.5 Å². The van der Waals surface area contributed by atoms with Gasteiger partial charge in [0.1, 0.15) is 5.82 Å². The first-order chi connectivity index (χ1) is 12.9. The quantitative estimate of drug-likeness (QED) is 0.686. The monoisotopic (exact) mass is 382 g/mol. The van der Waals surface area contributed by atoms with E-state index in [2.05, 4.69) is 4.98 Å². The Bertz CT molecular complexity index is 1110. The average molecular weight is 382 g/mol. The topological polar surface area (TPSA) is 90.1 Å². The smallest absolute Gasteiger partial charge is 0.251 e. The Kier molecular flexibility index (Phi) is 5.14. The minimum Gasteiger partial charge on any atom is -0.366 e. The fraction of sp³-hybridized carbons (Fsp3) is 0. The summed E-state index contributed by atoms with van der Waals surface area (Å²) in [5.74, 6) is -1.17. The van der Waals surface area contributed by atoms with Crippen molar-refractivity contribution in [2.24, 2.45) is 5.73 Å². The standard InChI is InChI=1S/C20H15FN2O3S/c21-16-9-5-14(6-10-16)3-4-15-7-11-17(12-8-15)27(25,26)20-18(19(22)24)2-1-13-23-20/h1-13H,(H2,22,24). The van der Waals surface area contributed by atoms with Gasteiger partial charge in [0.2, 0.25) is 9.84 Å². The second-order valence-corrected chi connectivity index (χ2v) is 7.54. The Morgan fingerprint density at radius 3 is 2.04 bits per heavy atom. The van der Waals surface area contributed by atoms with Gasteiger partial charge in [-0.3, -0.25) is 4.79 Å².